The van der Waals surface area contributed by atoms with Gasteiger partial charge in [0, 0.05) is 13.0 Å². The lowest BCUT2D eigenvalue weighted by atomic mass is 9.66. The summed E-state index contributed by atoms with van der Waals surface area (Å²) in [6, 6.07) is -1.12. The number of benzene rings is 1. The van der Waals surface area contributed by atoms with E-state index in [-0.39, 0.29) is 53.7 Å². The van der Waals surface area contributed by atoms with Crippen LogP contribution in [0, 0.1) is 11.2 Å². The summed E-state index contributed by atoms with van der Waals surface area (Å²) in [5.41, 5.74) is -1.62. The van der Waals surface area contributed by atoms with Gasteiger partial charge in [-0.15, -0.1) is 0 Å². The summed E-state index contributed by atoms with van der Waals surface area (Å²) < 4.78 is 32.5. The highest BCUT2D eigenvalue weighted by atomic mass is 19.1. The first-order chi connectivity index (χ1) is 17.5. The first-order valence-corrected chi connectivity index (χ1v) is 11.9. The Kier molecular flexibility index (Phi) is 5.01. The number of hydrogen-bond acceptors (Lipinski definition) is 10. The Labute approximate surface area is 208 Å². The number of cyclic esters (lactones) is 1. The van der Waals surface area contributed by atoms with Crippen molar-refractivity contribution in [2.45, 2.75) is 57.6 Å². The number of morpholine rings is 1. The van der Waals surface area contributed by atoms with Gasteiger partial charge in [-0.3, -0.25) is 20.2 Å². The molecule has 3 fully saturated rings. The molecule has 1 spiro atoms. The zero-order valence-electron chi connectivity index (χ0n) is 20.1. The maximum atomic E-state index is 16.2. The predicted molar refractivity (Wildman–Crippen MR) is 122 cm³/mol. The number of carbonyl (C=O) groups excluding carboxylic acids is 4. The standard InChI is InChI=1S/C23H24FN5O8/c1-8-6-28-15-11(5-23(17(28)10(3)36-8)19(31)25-21(33)26-20(23)32)4-12-16(14(15)24)37-27-18(12)29-13(9(2)30)7-35-22(29)34/h4,8-10,13,17,30H,5-7H2,1-3H3,(H2,25,26,31,32,33)/t8-,9-,10+,13-,17-/m1/s1. The number of halogens is 1. The molecule has 4 aliphatic rings. The number of aliphatic hydroxyl groups is 1. The molecule has 5 atom stereocenters. The number of nitrogens with zero attached hydrogens (tertiary/aromatic N) is 3. The van der Waals surface area contributed by atoms with Crippen molar-refractivity contribution in [3.8, 4) is 0 Å². The number of aliphatic hydroxyl groups excluding tert-OH is 1. The molecule has 1 aromatic carbocycles. The van der Waals surface area contributed by atoms with Crippen molar-refractivity contribution in [2.24, 2.45) is 5.41 Å². The van der Waals surface area contributed by atoms with Crippen LogP contribution < -0.4 is 20.4 Å². The highest BCUT2D eigenvalue weighted by molar-refractivity contribution is 6.20. The third-order valence-corrected chi connectivity index (χ3v) is 7.64. The van der Waals surface area contributed by atoms with Crippen LogP contribution in [0.4, 0.5) is 25.5 Å². The number of imide groups is 2. The molecule has 3 saturated heterocycles. The minimum atomic E-state index is -1.80. The van der Waals surface area contributed by atoms with Crippen LogP contribution in [0.1, 0.15) is 26.3 Å². The van der Waals surface area contributed by atoms with E-state index in [1.54, 1.807) is 18.7 Å². The molecule has 0 aliphatic carbocycles. The van der Waals surface area contributed by atoms with Crippen molar-refractivity contribution >= 4 is 46.4 Å². The number of fused-ring (bicyclic) bond motifs is 5. The summed E-state index contributed by atoms with van der Waals surface area (Å²) in [4.78, 5) is 53.7. The van der Waals surface area contributed by atoms with Gasteiger partial charge in [0.15, 0.2) is 17.1 Å². The monoisotopic (exact) mass is 517 g/mol. The third-order valence-electron chi connectivity index (χ3n) is 7.64. The van der Waals surface area contributed by atoms with Crippen LogP contribution in [0.5, 0.6) is 0 Å². The normalized spacial score (nSPS) is 29.6. The molecule has 5 amide bonds. The second kappa shape index (κ2) is 7.86. The lowest BCUT2D eigenvalue weighted by Gasteiger charge is -2.55. The van der Waals surface area contributed by atoms with Crippen LogP contribution in [-0.2, 0) is 25.5 Å². The van der Waals surface area contributed by atoms with Crippen LogP contribution >= 0.6 is 0 Å². The fourth-order valence-corrected chi connectivity index (χ4v) is 6.14. The van der Waals surface area contributed by atoms with Gasteiger partial charge in [-0.1, -0.05) is 5.16 Å². The summed E-state index contributed by atoms with van der Waals surface area (Å²) in [5, 5.41) is 18.5. The summed E-state index contributed by atoms with van der Waals surface area (Å²) >= 11 is 0. The van der Waals surface area contributed by atoms with Gasteiger partial charge < -0.3 is 24.0 Å². The van der Waals surface area contributed by atoms with Gasteiger partial charge >= 0.3 is 12.1 Å². The highest BCUT2D eigenvalue weighted by Gasteiger charge is 2.63. The van der Waals surface area contributed by atoms with Crippen molar-refractivity contribution in [2.75, 3.05) is 23.0 Å². The van der Waals surface area contributed by atoms with E-state index in [4.69, 9.17) is 14.0 Å². The molecule has 2 aromatic rings. The Morgan fingerprint density at radius 2 is 1.92 bits per heavy atom. The number of carbonyl (C=O) groups is 4. The van der Waals surface area contributed by atoms with Gasteiger partial charge in [0.05, 0.1) is 35.4 Å². The van der Waals surface area contributed by atoms with Crippen molar-refractivity contribution in [3.05, 3.63) is 17.4 Å². The van der Waals surface area contributed by atoms with Crippen LogP contribution in [-0.4, -0.2) is 77.7 Å². The van der Waals surface area contributed by atoms with Gasteiger partial charge in [0.25, 0.3) is 0 Å². The lowest BCUT2D eigenvalue weighted by Crippen LogP contribution is -2.75. The predicted octanol–water partition coefficient (Wildman–Crippen LogP) is 0.564. The minimum absolute atomic E-state index is 0.0577. The van der Waals surface area contributed by atoms with Crippen molar-refractivity contribution in [3.63, 3.8) is 0 Å². The fraction of sp³-hybridized carbons (Fsp3) is 0.522. The second-order valence-corrected chi connectivity index (χ2v) is 9.97. The Balaban J connectivity index is 1.57. The molecular formula is C23H24FN5O8. The van der Waals surface area contributed by atoms with Crippen LogP contribution in [0.25, 0.3) is 11.0 Å². The van der Waals surface area contributed by atoms with Gasteiger partial charge in [-0.25, -0.2) is 18.9 Å². The molecule has 0 radical (unpaired) electrons. The summed E-state index contributed by atoms with van der Waals surface area (Å²) in [6.07, 6.45) is -3.05. The van der Waals surface area contributed by atoms with Crippen molar-refractivity contribution in [1.29, 1.82) is 0 Å². The molecule has 6 rings (SSSR count). The topological polar surface area (TPSA) is 164 Å². The zero-order chi connectivity index (χ0) is 26.4. The third kappa shape index (κ3) is 3.11. The highest BCUT2D eigenvalue weighted by Crippen LogP contribution is 2.50. The molecule has 0 bridgehead atoms. The zero-order valence-corrected chi connectivity index (χ0v) is 20.1. The maximum Gasteiger partial charge on any atom is 0.416 e. The molecule has 1 aromatic heterocycles. The number of amides is 5. The number of anilines is 2. The van der Waals surface area contributed by atoms with E-state index < -0.39 is 59.5 Å². The first-order valence-electron chi connectivity index (χ1n) is 11.9. The molecule has 4 aliphatic heterocycles. The summed E-state index contributed by atoms with van der Waals surface area (Å²) in [7, 11) is 0. The number of barbiturate groups is 1. The van der Waals surface area contributed by atoms with E-state index >= 15 is 4.39 Å². The van der Waals surface area contributed by atoms with E-state index in [0.717, 1.165) is 4.90 Å². The molecular weight excluding hydrogens is 493 g/mol. The van der Waals surface area contributed by atoms with Gasteiger partial charge in [0.2, 0.25) is 17.4 Å². The lowest BCUT2D eigenvalue weighted by molar-refractivity contribution is -0.153. The second-order valence-electron chi connectivity index (χ2n) is 9.97. The largest absolute Gasteiger partial charge is 0.447 e. The van der Waals surface area contributed by atoms with E-state index in [9.17, 15) is 24.3 Å². The number of hydrogen-bond donors (Lipinski definition) is 3. The molecule has 14 heteroatoms. The first kappa shape index (κ1) is 23.6. The summed E-state index contributed by atoms with van der Waals surface area (Å²) in [5.74, 6) is -2.45. The van der Waals surface area contributed by atoms with Crippen LogP contribution in [0.2, 0.25) is 0 Å². The Morgan fingerprint density at radius 1 is 1.22 bits per heavy atom. The summed E-state index contributed by atoms with van der Waals surface area (Å²) in [6.45, 7) is 5.02. The maximum absolute atomic E-state index is 16.2. The Morgan fingerprint density at radius 3 is 2.59 bits per heavy atom. The SMILES string of the molecule is C[C@@H]1CN2c3c(cc4c(N5C(=O)OC[C@@H]5[C@@H](C)O)noc4c3F)CC3(C(=O)NC(=O)NC3=O)[C@H]2[C@H](C)O1. The number of urea groups is 1. The fourth-order valence-electron chi connectivity index (χ4n) is 6.14. The molecule has 37 heavy (non-hydrogen) atoms. The van der Waals surface area contributed by atoms with E-state index in [1.165, 1.54) is 13.0 Å². The number of nitrogens with one attached hydrogen (secondary N) is 2. The quantitative estimate of drug-likeness (QED) is 0.480. The molecule has 0 saturated carbocycles. The molecule has 13 nitrogen and oxygen atoms in total. The van der Waals surface area contributed by atoms with Gasteiger partial charge in [0.1, 0.15) is 12.6 Å². The van der Waals surface area contributed by atoms with Gasteiger partial charge in [-0.2, -0.15) is 0 Å². The average molecular weight is 517 g/mol. The van der Waals surface area contributed by atoms with Crippen molar-refractivity contribution in [1.82, 2.24) is 15.8 Å². The molecule has 0 unspecified atom stereocenters. The van der Waals surface area contributed by atoms with E-state index in [2.05, 4.69) is 15.8 Å². The van der Waals surface area contributed by atoms with Crippen LogP contribution in [0.15, 0.2) is 10.6 Å². The Bertz CT molecular complexity index is 1350. The number of aromatic nitrogens is 1. The van der Waals surface area contributed by atoms with E-state index in [0.29, 0.717) is 0 Å². The smallest absolute Gasteiger partial charge is 0.416 e. The van der Waals surface area contributed by atoms with Crippen LogP contribution in [0.3, 0.4) is 0 Å². The van der Waals surface area contributed by atoms with Gasteiger partial charge in [-0.05, 0) is 32.4 Å². The molecule has 3 N–H and O–H groups in total. The van der Waals surface area contributed by atoms with Crippen molar-refractivity contribution < 1.29 is 42.7 Å². The van der Waals surface area contributed by atoms with E-state index in [1.807, 2.05) is 0 Å². The number of rotatable bonds is 2. The minimum Gasteiger partial charge on any atom is -0.447 e. The average Bonchev–Trinajstić information content (AvgIpc) is 3.40. The molecule has 196 valence electrons. The number of ether oxygens (including phenoxy) is 2. The Hall–Kier alpha value is -3.78. The molecule has 5 heterocycles.